The number of ether oxygens (including phenoxy) is 1. The highest BCUT2D eigenvalue weighted by molar-refractivity contribution is 5.85. The number of rotatable bonds is 4. The summed E-state index contributed by atoms with van der Waals surface area (Å²) >= 11 is 0. The largest absolute Gasteiger partial charge is 0.381 e. The lowest BCUT2D eigenvalue weighted by Crippen LogP contribution is -2.37. The number of aryl methyl sites for hydroxylation is 1. The fraction of sp³-hybridized carbons (Fsp3) is 0.435. The molecule has 1 unspecified atom stereocenters. The minimum absolute atomic E-state index is 0.0153. The van der Waals surface area contributed by atoms with Gasteiger partial charge in [-0.05, 0) is 43.9 Å². The first kappa shape index (κ1) is 18.6. The molecule has 0 amide bonds. The number of nitrogens with zero attached hydrogens (tertiary/aromatic N) is 4. The fourth-order valence-corrected chi connectivity index (χ4v) is 4.61. The highest BCUT2D eigenvalue weighted by Crippen LogP contribution is 2.36. The third-order valence-electron chi connectivity index (χ3n) is 6.41. The number of fused-ring (bicyclic) bond motifs is 2. The highest BCUT2D eigenvalue weighted by Gasteiger charge is 2.28. The molecule has 1 saturated heterocycles. The maximum atomic E-state index is 13.9. The van der Waals surface area contributed by atoms with E-state index in [1.807, 2.05) is 22.9 Å². The van der Waals surface area contributed by atoms with Crippen LogP contribution in [0, 0.1) is 6.92 Å². The van der Waals surface area contributed by atoms with Crippen molar-refractivity contribution in [1.29, 1.82) is 0 Å². The molecule has 6 rings (SSSR count). The Morgan fingerprint density at radius 3 is 2.94 bits per heavy atom. The molecule has 160 valence electrons. The molecule has 2 fully saturated rings. The predicted octanol–water partition coefficient (Wildman–Crippen LogP) is 3.20. The summed E-state index contributed by atoms with van der Waals surface area (Å²) in [5.74, 6) is 0.595. The van der Waals surface area contributed by atoms with Gasteiger partial charge in [-0.3, -0.25) is 9.36 Å². The molecule has 0 bridgehead atoms. The zero-order valence-electron chi connectivity index (χ0n) is 17.6. The van der Waals surface area contributed by atoms with Gasteiger partial charge in [0.05, 0.1) is 24.0 Å². The second-order valence-electron chi connectivity index (χ2n) is 8.66. The summed E-state index contributed by atoms with van der Waals surface area (Å²) in [6.07, 6.45) is 4.93. The number of pyridine rings is 1. The molecule has 31 heavy (non-hydrogen) atoms. The minimum atomic E-state index is -0.0200. The first-order chi connectivity index (χ1) is 15.2. The number of hydrogen-bond donors (Lipinski definition) is 2. The van der Waals surface area contributed by atoms with E-state index in [1.54, 1.807) is 0 Å². The molecule has 1 atom stereocenters. The van der Waals surface area contributed by atoms with Gasteiger partial charge in [0, 0.05) is 37.3 Å². The van der Waals surface area contributed by atoms with Gasteiger partial charge >= 0.3 is 0 Å². The molecule has 0 radical (unpaired) electrons. The van der Waals surface area contributed by atoms with Crippen molar-refractivity contribution in [1.82, 2.24) is 14.5 Å². The topological polar surface area (TPSA) is 84.3 Å². The van der Waals surface area contributed by atoms with Crippen molar-refractivity contribution in [3.8, 4) is 0 Å². The lowest BCUT2D eigenvalue weighted by atomic mass is 10.1. The van der Waals surface area contributed by atoms with Gasteiger partial charge in [-0.1, -0.05) is 12.1 Å². The molecule has 2 N–H and O–H groups in total. The van der Waals surface area contributed by atoms with E-state index in [0.717, 1.165) is 49.1 Å². The van der Waals surface area contributed by atoms with E-state index >= 15 is 0 Å². The molecule has 2 aliphatic heterocycles. The molecule has 1 saturated carbocycles. The molecular formula is C23H26N6O2. The SMILES string of the molecule is Cc1cccc2c1NCCN2c1cc2cnc(NC3CC3)nc2n(C2CCOC2)c1=O. The Morgan fingerprint density at radius 1 is 1.23 bits per heavy atom. The van der Waals surface area contributed by atoms with E-state index < -0.39 is 0 Å². The molecule has 3 aromatic rings. The van der Waals surface area contributed by atoms with Gasteiger partial charge in [0.1, 0.15) is 11.3 Å². The molecule has 1 aliphatic carbocycles. The average molecular weight is 419 g/mol. The molecule has 4 heterocycles. The minimum Gasteiger partial charge on any atom is -0.381 e. The molecule has 8 heteroatoms. The van der Waals surface area contributed by atoms with Crippen LogP contribution in [-0.4, -0.2) is 46.9 Å². The Labute approximate surface area is 180 Å². The van der Waals surface area contributed by atoms with Crippen LogP contribution in [0.15, 0.2) is 35.3 Å². The van der Waals surface area contributed by atoms with Crippen LogP contribution in [0.25, 0.3) is 11.0 Å². The van der Waals surface area contributed by atoms with Crippen molar-refractivity contribution in [3.05, 3.63) is 46.4 Å². The van der Waals surface area contributed by atoms with E-state index in [0.29, 0.717) is 36.5 Å². The molecule has 2 aromatic heterocycles. The van der Waals surface area contributed by atoms with Crippen LogP contribution in [0.2, 0.25) is 0 Å². The summed E-state index contributed by atoms with van der Waals surface area (Å²) in [7, 11) is 0. The first-order valence-corrected chi connectivity index (χ1v) is 11.1. The van der Waals surface area contributed by atoms with Crippen molar-refractivity contribution in [3.63, 3.8) is 0 Å². The maximum Gasteiger partial charge on any atom is 0.276 e. The number of para-hydroxylation sites is 1. The molecule has 8 nitrogen and oxygen atoms in total. The second kappa shape index (κ2) is 7.23. The van der Waals surface area contributed by atoms with Crippen LogP contribution in [-0.2, 0) is 4.74 Å². The maximum absolute atomic E-state index is 13.9. The van der Waals surface area contributed by atoms with E-state index in [2.05, 4.69) is 39.6 Å². The second-order valence-corrected chi connectivity index (χ2v) is 8.66. The summed E-state index contributed by atoms with van der Waals surface area (Å²) in [5.41, 5.74) is 4.62. The number of anilines is 4. The Balaban J connectivity index is 1.54. The summed E-state index contributed by atoms with van der Waals surface area (Å²) in [6, 6.07) is 8.58. The summed E-state index contributed by atoms with van der Waals surface area (Å²) in [6.45, 7) is 4.79. The van der Waals surface area contributed by atoms with Gasteiger partial charge < -0.3 is 20.3 Å². The van der Waals surface area contributed by atoms with Gasteiger partial charge in [0.25, 0.3) is 5.56 Å². The third kappa shape index (κ3) is 3.22. The van der Waals surface area contributed by atoms with E-state index in [4.69, 9.17) is 9.72 Å². The zero-order valence-corrected chi connectivity index (χ0v) is 17.6. The smallest absolute Gasteiger partial charge is 0.276 e. The van der Waals surface area contributed by atoms with Gasteiger partial charge in [-0.15, -0.1) is 0 Å². The first-order valence-electron chi connectivity index (χ1n) is 11.1. The van der Waals surface area contributed by atoms with Crippen molar-refractivity contribution in [2.45, 2.75) is 38.3 Å². The molecule has 3 aliphatic rings. The Bertz CT molecular complexity index is 1210. The lowest BCUT2D eigenvalue weighted by Gasteiger charge is -2.33. The Morgan fingerprint density at radius 2 is 2.13 bits per heavy atom. The van der Waals surface area contributed by atoms with Crippen molar-refractivity contribution in [2.75, 3.05) is 41.8 Å². The summed E-state index contributed by atoms with van der Waals surface area (Å²) < 4.78 is 7.48. The normalized spacial score (nSPS) is 20.5. The third-order valence-corrected chi connectivity index (χ3v) is 6.41. The lowest BCUT2D eigenvalue weighted by molar-refractivity contribution is 0.186. The number of hydrogen-bond acceptors (Lipinski definition) is 7. The van der Waals surface area contributed by atoms with Crippen molar-refractivity contribution < 1.29 is 4.74 Å². The Hall–Kier alpha value is -3.13. The molecule has 0 spiro atoms. The number of nitrogens with one attached hydrogen (secondary N) is 2. The van der Waals surface area contributed by atoms with Crippen LogP contribution < -0.4 is 21.1 Å². The van der Waals surface area contributed by atoms with Crippen LogP contribution in [0.3, 0.4) is 0 Å². The standard InChI is InChI=1S/C23H26N6O2/c1-14-3-2-4-18-20(14)24-8-9-28(18)19-11-15-12-25-23(26-16-5-6-16)27-21(15)29(22(19)30)17-7-10-31-13-17/h2-4,11-12,16-17,24H,5-10,13H2,1H3,(H,25,26,27). The van der Waals surface area contributed by atoms with E-state index in [1.165, 1.54) is 5.56 Å². The Kier molecular flexibility index (Phi) is 4.34. The van der Waals surface area contributed by atoms with Crippen LogP contribution in [0.5, 0.6) is 0 Å². The highest BCUT2D eigenvalue weighted by atomic mass is 16.5. The average Bonchev–Trinajstić information content (AvgIpc) is 3.43. The van der Waals surface area contributed by atoms with Crippen LogP contribution in [0.1, 0.15) is 30.9 Å². The van der Waals surface area contributed by atoms with Crippen molar-refractivity contribution >= 4 is 34.0 Å². The van der Waals surface area contributed by atoms with Crippen LogP contribution >= 0.6 is 0 Å². The van der Waals surface area contributed by atoms with Gasteiger partial charge in [-0.25, -0.2) is 4.98 Å². The summed E-state index contributed by atoms with van der Waals surface area (Å²) in [5, 5.41) is 7.71. The van der Waals surface area contributed by atoms with Gasteiger partial charge in [-0.2, -0.15) is 4.98 Å². The van der Waals surface area contributed by atoms with Gasteiger partial charge in [0.15, 0.2) is 0 Å². The number of aromatic nitrogens is 3. The fourth-order valence-electron chi connectivity index (χ4n) is 4.61. The zero-order chi connectivity index (χ0) is 20.9. The van der Waals surface area contributed by atoms with Crippen molar-refractivity contribution in [2.24, 2.45) is 0 Å². The quantitative estimate of drug-likeness (QED) is 0.673. The van der Waals surface area contributed by atoms with Gasteiger partial charge in [0.2, 0.25) is 5.95 Å². The van der Waals surface area contributed by atoms with E-state index in [-0.39, 0.29) is 11.6 Å². The van der Waals surface area contributed by atoms with Crippen LogP contribution in [0.4, 0.5) is 23.0 Å². The number of benzene rings is 1. The predicted molar refractivity (Wildman–Crippen MR) is 122 cm³/mol. The molecule has 1 aromatic carbocycles. The summed E-state index contributed by atoms with van der Waals surface area (Å²) in [4.78, 5) is 25.3. The van der Waals surface area contributed by atoms with E-state index in [9.17, 15) is 4.79 Å². The monoisotopic (exact) mass is 418 g/mol. The molecular weight excluding hydrogens is 392 g/mol.